The predicted molar refractivity (Wildman–Crippen MR) is 210 cm³/mol. The van der Waals surface area contributed by atoms with E-state index < -0.39 is 77.3 Å². The first kappa shape index (κ1) is 44.5. The maximum Gasteiger partial charge on any atom is 0.316 e. The monoisotopic (exact) mass is 799 g/mol. The van der Waals surface area contributed by atoms with Gasteiger partial charge in [0.15, 0.2) is 12.1 Å². The van der Waals surface area contributed by atoms with Crippen LogP contribution in [-0.2, 0) is 49.5 Å². The average Bonchev–Trinajstić information content (AvgIpc) is 3.62. The Hall–Kier alpha value is -3.64. The minimum absolute atomic E-state index is 0.0156. The van der Waals surface area contributed by atoms with Crippen LogP contribution in [0.4, 0.5) is 0 Å². The number of hydrogen-bond acceptors (Lipinski definition) is 14. The highest BCUT2D eigenvalue weighted by Crippen LogP contribution is 2.39. The van der Waals surface area contributed by atoms with Gasteiger partial charge in [0.25, 0.3) is 0 Å². The number of ether oxygens (including phenoxy) is 5. The molecule has 3 aliphatic heterocycles. The third-order valence-corrected chi connectivity index (χ3v) is 11.7. The number of carbonyl (C=O) groups is 3. The molecule has 0 unspecified atom stereocenters. The van der Waals surface area contributed by atoms with E-state index in [9.17, 15) is 24.6 Å². The first-order valence-electron chi connectivity index (χ1n) is 19.9. The fourth-order valence-corrected chi connectivity index (χ4v) is 8.29. The second-order valence-electron chi connectivity index (χ2n) is 16.7. The van der Waals surface area contributed by atoms with Gasteiger partial charge in [0.1, 0.15) is 36.0 Å². The lowest BCUT2D eigenvalue weighted by atomic mass is 9.76. The van der Waals surface area contributed by atoms with Gasteiger partial charge in [0.2, 0.25) is 5.91 Å². The Kier molecular flexibility index (Phi) is 14.4. The number of rotatable bonds is 7. The molecule has 0 radical (unpaired) electrons. The van der Waals surface area contributed by atoms with Crippen LogP contribution >= 0.6 is 0 Å². The van der Waals surface area contributed by atoms with Crippen molar-refractivity contribution in [3.05, 3.63) is 30.0 Å². The number of Topliss-reactive ketones (excluding diaryl/α,β-unsaturated/α-hetero) is 1. The van der Waals surface area contributed by atoms with E-state index in [1.165, 1.54) is 20.8 Å². The average molecular weight is 800 g/mol. The zero-order valence-electron chi connectivity index (χ0n) is 34.9. The van der Waals surface area contributed by atoms with Crippen LogP contribution in [0.1, 0.15) is 86.6 Å². The van der Waals surface area contributed by atoms with Gasteiger partial charge in [-0.3, -0.25) is 19.5 Å². The van der Waals surface area contributed by atoms with Crippen molar-refractivity contribution in [1.29, 1.82) is 0 Å². The van der Waals surface area contributed by atoms with Crippen LogP contribution in [0.25, 0.3) is 10.9 Å². The number of aromatic amines is 1. The second kappa shape index (κ2) is 18.5. The van der Waals surface area contributed by atoms with Gasteiger partial charge < -0.3 is 43.6 Å². The number of aromatic nitrogens is 2. The van der Waals surface area contributed by atoms with E-state index in [0.717, 1.165) is 16.5 Å². The quantitative estimate of drug-likeness (QED) is 0.208. The number of aliphatic imine (C=N–C) groups is 1. The molecule has 16 heteroatoms. The lowest BCUT2D eigenvalue weighted by Crippen LogP contribution is -2.59. The summed E-state index contributed by atoms with van der Waals surface area (Å²) in [6.07, 6.45) is -3.26. The summed E-state index contributed by atoms with van der Waals surface area (Å²) in [6.45, 7) is 13.0. The third-order valence-electron chi connectivity index (χ3n) is 11.7. The van der Waals surface area contributed by atoms with E-state index in [1.807, 2.05) is 51.0 Å². The van der Waals surface area contributed by atoms with Crippen molar-refractivity contribution < 1.29 is 53.1 Å². The molecule has 5 rings (SSSR count). The van der Waals surface area contributed by atoms with Gasteiger partial charge in [-0.2, -0.15) is 5.10 Å². The molecule has 2 bridgehead atoms. The number of ketones is 1. The van der Waals surface area contributed by atoms with E-state index >= 15 is 0 Å². The predicted octanol–water partition coefficient (Wildman–Crippen LogP) is 3.75. The number of amides is 1. The van der Waals surface area contributed by atoms with Crippen LogP contribution in [-0.4, -0.2) is 136 Å². The van der Waals surface area contributed by atoms with Crippen molar-refractivity contribution in [3.8, 4) is 0 Å². The molecule has 3 fully saturated rings. The Labute approximate surface area is 334 Å². The molecule has 0 spiro atoms. The molecule has 12 atom stereocenters. The maximum atomic E-state index is 14.4. The summed E-state index contributed by atoms with van der Waals surface area (Å²) in [5.74, 6) is -4.53. The summed E-state index contributed by atoms with van der Waals surface area (Å²) >= 11 is 0. The van der Waals surface area contributed by atoms with Gasteiger partial charge in [-0.15, -0.1) is 0 Å². The number of cyclic esters (lactones) is 1. The van der Waals surface area contributed by atoms with Crippen molar-refractivity contribution in [2.75, 3.05) is 27.3 Å². The number of aliphatic hydroxyl groups is 2. The highest BCUT2D eigenvalue weighted by Gasteiger charge is 2.51. The Bertz CT molecular complexity index is 1790. The lowest BCUT2D eigenvalue weighted by Gasteiger charge is -2.47. The zero-order valence-corrected chi connectivity index (χ0v) is 34.9. The van der Waals surface area contributed by atoms with Crippen LogP contribution in [0, 0.1) is 17.8 Å². The van der Waals surface area contributed by atoms with E-state index in [2.05, 4.69) is 20.3 Å². The van der Waals surface area contributed by atoms with Crippen LogP contribution < -0.4 is 0 Å². The SMILES string of the molecule is CC[C@H]1OC(=O)[C@H](C)C(=O)[C@H](C)[C@@H](O[C@@H]2O[C@H](C)C[C@H](N(C)C)[C@H]2O)[C@@]2(C)C[C@@H](C)C(=NC(C)=O)C[C@@H](OC/C(=N/OCc3ccc4cn[nH]c4c3)CO2)[C@]1(C)O. The van der Waals surface area contributed by atoms with Crippen molar-refractivity contribution >= 4 is 40.0 Å². The molecule has 0 aliphatic carbocycles. The standard InChI is InChI=1S/C41H61N5O11/c1-11-33-41(8,51)34-16-30(43-26(6)47)22(2)17-40(7,53-21-29(20-52-34)45-54-19-27-12-13-28-18-42-44-31(28)15-27)37(24(4)35(48)25(5)38(50)56-33)57-39-36(49)32(46(9)10)14-23(3)55-39/h12-13,15,18,22-25,32-34,36-37,39,49,51H,11,14,16-17,19-21H2,1-10H3,(H,42,44)/b43-30?,45-29-/t22-,23-,24+,25-,32+,33-,34-,36-,37-,39+,40-,41-/m1/s1. The third kappa shape index (κ3) is 10.3. The van der Waals surface area contributed by atoms with Crippen LogP contribution in [0.2, 0.25) is 0 Å². The number of carbonyl (C=O) groups excluding carboxylic acids is 3. The lowest BCUT2D eigenvalue weighted by molar-refractivity contribution is -0.296. The van der Waals surface area contributed by atoms with Gasteiger partial charge in [-0.1, -0.05) is 38.1 Å². The number of nitrogens with zero attached hydrogens (tertiary/aromatic N) is 4. The van der Waals surface area contributed by atoms with Gasteiger partial charge in [-0.05, 0) is 78.6 Å². The van der Waals surface area contributed by atoms with Gasteiger partial charge >= 0.3 is 5.97 Å². The minimum Gasteiger partial charge on any atom is -0.459 e. The summed E-state index contributed by atoms with van der Waals surface area (Å²) in [5, 5.41) is 36.3. The number of H-pyrrole nitrogens is 1. The molecule has 3 saturated heterocycles. The van der Waals surface area contributed by atoms with E-state index in [0.29, 0.717) is 17.8 Å². The van der Waals surface area contributed by atoms with Gasteiger partial charge in [-0.25, -0.2) is 4.99 Å². The van der Waals surface area contributed by atoms with Crippen LogP contribution in [0.3, 0.4) is 0 Å². The molecular formula is C41H61N5O11. The summed E-state index contributed by atoms with van der Waals surface area (Å²) in [6, 6.07) is 5.42. The van der Waals surface area contributed by atoms with Crippen molar-refractivity contribution in [2.24, 2.45) is 27.9 Å². The van der Waals surface area contributed by atoms with Crippen LogP contribution in [0.5, 0.6) is 0 Å². The van der Waals surface area contributed by atoms with Gasteiger partial charge in [0, 0.05) is 36.4 Å². The van der Waals surface area contributed by atoms with E-state index in [4.69, 9.17) is 28.5 Å². The van der Waals surface area contributed by atoms with Crippen LogP contribution in [0.15, 0.2) is 34.5 Å². The number of aliphatic hydroxyl groups excluding tert-OH is 1. The summed E-state index contributed by atoms with van der Waals surface area (Å²) in [7, 11) is 3.73. The van der Waals surface area contributed by atoms with E-state index in [-0.39, 0.29) is 51.2 Å². The number of likely N-dealkylation sites (N-methyl/N-ethyl adjacent to an activating group) is 1. The van der Waals surface area contributed by atoms with Crippen molar-refractivity contribution in [1.82, 2.24) is 15.1 Å². The first-order chi connectivity index (χ1) is 26.8. The Morgan fingerprint density at radius 2 is 1.88 bits per heavy atom. The fourth-order valence-electron chi connectivity index (χ4n) is 8.29. The molecule has 16 nitrogen and oxygen atoms in total. The molecule has 3 aliphatic rings. The minimum atomic E-state index is -1.82. The Balaban J connectivity index is 1.63. The van der Waals surface area contributed by atoms with E-state index in [1.54, 1.807) is 27.0 Å². The number of esters is 1. The number of fused-ring (bicyclic) bond motifs is 6. The molecule has 0 saturated carbocycles. The van der Waals surface area contributed by atoms with Gasteiger partial charge in [0.05, 0.1) is 48.8 Å². The molecule has 57 heavy (non-hydrogen) atoms. The second-order valence-corrected chi connectivity index (χ2v) is 16.7. The Morgan fingerprint density at radius 1 is 1.14 bits per heavy atom. The smallest absolute Gasteiger partial charge is 0.316 e. The normalized spacial score (nSPS) is 37.8. The highest BCUT2D eigenvalue weighted by molar-refractivity contribution is 6.00. The molecular weight excluding hydrogens is 738 g/mol. The summed E-state index contributed by atoms with van der Waals surface area (Å²) in [4.78, 5) is 53.1. The number of benzene rings is 1. The number of hydrogen-bond donors (Lipinski definition) is 3. The van der Waals surface area contributed by atoms with Crippen molar-refractivity contribution in [2.45, 2.75) is 142 Å². The molecule has 2 aromatic rings. The molecule has 1 amide bonds. The molecule has 1 aromatic carbocycles. The largest absolute Gasteiger partial charge is 0.459 e. The Morgan fingerprint density at radius 3 is 2.56 bits per heavy atom. The summed E-state index contributed by atoms with van der Waals surface area (Å²) in [5.41, 5.74) is -0.800. The molecule has 3 N–H and O–H groups in total. The fraction of sp³-hybridized carbons (Fsp3) is 0.707. The highest BCUT2D eigenvalue weighted by atomic mass is 16.7. The number of nitrogens with one attached hydrogen (secondary N) is 1. The molecule has 4 heterocycles. The molecule has 316 valence electrons. The zero-order chi connectivity index (χ0) is 41.8. The first-order valence-corrected chi connectivity index (χ1v) is 19.9. The maximum absolute atomic E-state index is 14.4. The van der Waals surface area contributed by atoms with Crippen molar-refractivity contribution in [3.63, 3.8) is 0 Å². The molecule has 1 aromatic heterocycles. The number of oxime groups is 1. The topological polar surface area (TPSA) is 204 Å². The summed E-state index contributed by atoms with van der Waals surface area (Å²) < 4.78 is 32.2.